The summed E-state index contributed by atoms with van der Waals surface area (Å²) in [5.41, 5.74) is 1.73. The van der Waals surface area contributed by atoms with Gasteiger partial charge in [0.05, 0.1) is 0 Å². The topological polar surface area (TPSA) is 15.3 Å². The van der Waals surface area contributed by atoms with Gasteiger partial charge in [0.1, 0.15) is 0 Å². The van der Waals surface area contributed by atoms with Crippen LogP contribution < -0.4 is 5.32 Å². The second kappa shape index (κ2) is 6.28. The van der Waals surface area contributed by atoms with E-state index in [9.17, 15) is 0 Å². The van der Waals surface area contributed by atoms with Gasteiger partial charge in [-0.2, -0.15) is 0 Å². The Kier molecular flexibility index (Phi) is 4.87. The summed E-state index contributed by atoms with van der Waals surface area (Å²) in [4.78, 5) is 2.69. The van der Waals surface area contributed by atoms with Crippen LogP contribution in [0.15, 0.2) is 30.3 Å². The fraction of sp³-hybridized carbons (Fsp3) is 0.667. The first-order valence-electron chi connectivity index (χ1n) is 7.90. The molecule has 1 heterocycles. The van der Waals surface area contributed by atoms with Crippen molar-refractivity contribution in [2.24, 2.45) is 11.3 Å². The van der Waals surface area contributed by atoms with Gasteiger partial charge in [-0.3, -0.25) is 4.90 Å². The van der Waals surface area contributed by atoms with E-state index in [1.54, 1.807) is 0 Å². The lowest BCUT2D eigenvalue weighted by Gasteiger charge is -2.47. The van der Waals surface area contributed by atoms with Crippen LogP contribution in [0.1, 0.15) is 46.2 Å². The Morgan fingerprint density at radius 1 is 1.20 bits per heavy atom. The monoisotopic (exact) mass is 274 g/mol. The summed E-state index contributed by atoms with van der Waals surface area (Å²) in [6, 6.07) is 11.9. The number of nitrogens with zero attached hydrogens (tertiary/aromatic N) is 1. The van der Waals surface area contributed by atoms with Crippen LogP contribution in [-0.2, 0) is 0 Å². The molecule has 0 bridgehead atoms. The van der Waals surface area contributed by atoms with Gasteiger partial charge in [-0.15, -0.1) is 0 Å². The summed E-state index contributed by atoms with van der Waals surface area (Å²) in [6.07, 6.45) is 0. The number of benzene rings is 1. The van der Waals surface area contributed by atoms with E-state index in [0.717, 1.165) is 19.0 Å². The van der Waals surface area contributed by atoms with E-state index < -0.39 is 0 Å². The number of piperazine rings is 1. The number of rotatable bonds is 3. The summed E-state index contributed by atoms with van der Waals surface area (Å²) >= 11 is 0. The van der Waals surface area contributed by atoms with Crippen molar-refractivity contribution in [2.45, 2.75) is 46.7 Å². The Morgan fingerprint density at radius 2 is 1.85 bits per heavy atom. The molecule has 0 spiro atoms. The Morgan fingerprint density at radius 3 is 2.40 bits per heavy atom. The van der Waals surface area contributed by atoms with Crippen molar-refractivity contribution in [3.63, 3.8) is 0 Å². The quantitative estimate of drug-likeness (QED) is 0.904. The molecule has 1 N–H and O–H groups in total. The Bertz CT molecular complexity index is 405. The molecule has 0 aliphatic carbocycles. The standard InChI is InChI=1S/C18H30N2/c1-14(2)12-20-13-16(15-9-7-6-8-10-15)19-11-17(20)18(3,4)5/h6-10,14,16-17,19H,11-13H2,1-5H3. The minimum absolute atomic E-state index is 0.323. The molecule has 2 nitrogen and oxygen atoms in total. The summed E-state index contributed by atoms with van der Waals surface area (Å²) in [5.74, 6) is 0.717. The highest BCUT2D eigenvalue weighted by atomic mass is 15.2. The fourth-order valence-corrected chi connectivity index (χ4v) is 3.24. The average molecular weight is 274 g/mol. The SMILES string of the molecule is CC(C)CN1CC(c2ccccc2)NCC1C(C)(C)C. The lowest BCUT2D eigenvalue weighted by Crippen LogP contribution is -2.58. The Labute approximate surface area is 124 Å². The van der Waals surface area contributed by atoms with Crippen LogP contribution in [0.2, 0.25) is 0 Å². The third-order valence-corrected chi connectivity index (χ3v) is 4.22. The fourth-order valence-electron chi connectivity index (χ4n) is 3.24. The molecule has 2 heteroatoms. The molecule has 20 heavy (non-hydrogen) atoms. The zero-order chi connectivity index (χ0) is 14.8. The molecule has 2 rings (SSSR count). The lowest BCUT2D eigenvalue weighted by atomic mass is 9.83. The molecule has 1 aromatic carbocycles. The van der Waals surface area contributed by atoms with Crippen molar-refractivity contribution in [2.75, 3.05) is 19.6 Å². The minimum atomic E-state index is 0.323. The second-order valence-corrected chi connectivity index (χ2v) is 7.60. The summed E-state index contributed by atoms with van der Waals surface area (Å²) in [6.45, 7) is 15.1. The zero-order valence-corrected chi connectivity index (χ0v) is 13.7. The second-order valence-electron chi connectivity index (χ2n) is 7.60. The van der Waals surface area contributed by atoms with Gasteiger partial charge in [-0.1, -0.05) is 65.0 Å². The third kappa shape index (κ3) is 3.83. The molecule has 2 unspecified atom stereocenters. The molecule has 0 saturated carbocycles. The predicted molar refractivity (Wildman–Crippen MR) is 86.8 cm³/mol. The molecule has 1 aliphatic heterocycles. The van der Waals surface area contributed by atoms with Crippen LogP contribution >= 0.6 is 0 Å². The van der Waals surface area contributed by atoms with Gasteiger partial charge in [-0.25, -0.2) is 0 Å². The highest BCUT2D eigenvalue weighted by Gasteiger charge is 2.35. The maximum absolute atomic E-state index is 3.75. The van der Waals surface area contributed by atoms with Crippen molar-refractivity contribution in [1.82, 2.24) is 10.2 Å². The summed E-state index contributed by atoms with van der Waals surface area (Å²) in [5, 5.41) is 3.75. The first kappa shape index (κ1) is 15.5. The van der Waals surface area contributed by atoms with E-state index >= 15 is 0 Å². The van der Waals surface area contributed by atoms with Gasteiger partial charge in [0, 0.05) is 31.7 Å². The van der Waals surface area contributed by atoms with Crippen LogP contribution in [0.25, 0.3) is 0 Å². The highest BCUT2D eigenvalue weighted by molar-refractivity contribution is 5.20. The smallest absolute Gasteiger partial charge is 0.0449 e. The van der Waals surface area contributed by atoms with Crippen LogP contribution in [0, 0.1) is 11.3 Å². The van der Waals surface area contributed by atoms with Crippen molar-refractivity contribution in [1.29, 1.82) is 0 Å². The number of hydrogen-bond donors (Lipinski definition) is 1. The van der Waals surface area contributed by atoms with Gasteiger partial charge < -0.3 is 5.32 Å². The summed E-state index contributed by atoms with van der Waals surface area (Å²) in [7, 11) is 0. The van der Waals surface area contributed by atoms with Gasteiger partial charge in [0.2, 0.25) is 0 Å². The zero-order valence-electron chi connectivity index (χ0n) is 13.7. The molecule has 1 aliphatic rings. The predicted octanol–water partition coefficient (Wildman–Crippen LogP) is 3.70. The van der Waals surface area contributed by atoms with E-state index in [-0.39, 0.29) is 0 Å². The largest absolute Gasteiger partial charge is 0.307 e. The number of nitrogens with one attached hydrogen (secondary N) is 1. The summed E-state index contributed by atoms with van der Waals surface area (Å²) < 4.78 is 0. The van der Waals surface area contributed by atoms with Gasteiger partial charge in [0.15, 0.2) is 0 Å². The van der Waals surface area contributed by atoms with Crippen molar-refractivity contribution >= 4 is 0 Å². The molecule has 1 saturated heterocycles. The van der Waals surface area contributed by atoms with E-state index in [1.807, 2.05) is 0 Å². The van der Waals surface area contributed by atoms with Gasteiger partial charge in [0.25, 0.3) is 0 Å². The molecule has 1 fully saturated rings. The molecule has 0 amide bonds. The third-order valence-electron chi connectivity index (χ3n) is 4.22. The molecule has 2 atom stereocenters. The van der Waals surface area contributed by atoms with Crippen LogP contribution in [0.3, 0.4) is 0 Å². The Balaban J connectivity index is 2.13. The molecular weight excluding hydrogens is 244 g/mol. The maximum atomic E-state index is 3.75. The van der Waals surface area contributed by atoms with E-state index in [1.165, 1.54) is 12.1 Å². The van der Waals surface area contributed by atoms with Gasteiger partial charge >= 0.3 is 0 Å². The van der Waals surface area contributed by atoms with Crippen molar-refractivity contribution in [3.05, 3.63) is 35.9 Å². The van der Waals surface area contributed by atoms with E-state index in [4.69, 9.17) is 0 Å². The number of hydrogen-bond acceptors (Lipinski definition) is 2. The first-order chi connectivity index (χ1) is 9.38. The van der Waals surface area contributed by atoms with E-state index in [0.29, 0.717) is 17.5 Å². The molecule has 112 valence electrons. The van der Waals surface area contributed by atoms with Crippen molar-refractivity contribution in [3.8, 4) is 0 Å². The van der Waals surface area contributed by atoms with Crippen LogP contribution in [0.4, 0.5) is 0 Å². The van der Waals surface area contributed by atoms with Crippen molar-refractivity contribution < 1.29 is 0 Å². The molecule has 0 aromatic heterocycles. The van der Waals surface area contributed by atoms with E-state index in [2.05, 4.69) is 75.2 Å². The minimum Gasteiger partial charge on any atom is -0.307 e. The molecular formula is C18H30N2. The Hall–Kier alpha value is -0.860. The normalized spacial score (nSPS) is 25.1. The molecule has 1 aromatic rings. The van der Waals surface area contributed by atoms with Crippen LogP contribution in [0.5, 0.6) is 0 Å². The lowest BCUT2D eigenvalue weighted by molar-refractivity contribution is 0.0463. The highest BCUT2D eigenvalue weighted by Crippen LogP contribution is 2.30. The maximum Gasteiger partial charge on any atom is 0.0449 e. The van der Waals surface area contributed by atoms with Gasteiger partial charge in [-0.05, 0) is 16.9 Å². The molecule has 0 radical (unpaired) electrons. The average Bonchev–Trinajstić information content (AvgIpc) is 2.37. The van der Waals surface area contributed by atoms with Crippen LogP contribution in [-0.4, -0.2) is 30.6 Å². The first-order valence-corrected chi connectivity index (χ1v) is 7.90.